The van der Waals surface area contributed by atoms with E-state index in [1.165, 1.54) is 0 Å². The number of carbonyl (C=O) groups excluding carboxylic acids is 2. The van der Waals surface area contributed by atoms with Crippen molar-refractivity contribution in [2.45, 2.75) is 51.6 Å². The number of hydrogen-bond donors (Lipinski definition) is 2. The number of likely N-dealkylation sites (tertiary alicyclic amines) is 1. The zero-order chi connectivity index (χ0) is 15.2. The van der Waals surface area contributed by atoms with Crippen molar-refractivity contribution in [2.24, 2.45) is 5.73 Å². The van der Waals surface area contributed by atoms with Crippen LogP contribution in [0, 0.1) is 0 Å². The van der Waals surface area contributed by atoms with Crippen LogP contribution in [0.1, 0.15) is 39.5 Å². The molecule has 0 spiro atoms. The average molecular weight is 302 g/mol. The number of nitrogens with zero attached hydrogens (tertiary/aromatic N) is 1. The minimum absolute atomic E-state index is 0.0284. The fraction of sp³-hybridized carbons (Fsp3) is 0.857. The lowest BCUT2D eigenvalue weighted by molar-refractivity contribution is -0.785. The Bertz CT molecular complexity index is 351. The first-order valence-corrected chi connectivity index (χ1v) is 8.85. The average Bonchev–Trinajstić information content (AvgIpc) is 2.84. The smallest absolute Gasteiger partial charge is 0.316 e. The van der Waals surface area contributed by atoms with Crippen LogP contribution in [0.2, 0.25) is 0 Å². The van der Waals surface area contributed by atoms with Crippen molar-refractivity contribution in [1.82, 2.24) is 5.32 Å². The zero-order valence-corrected chi connectivity index (χ0v) is 13.7. The minimum atomic E-state index is -0.549. The van der Waals surface area contributed by atoms with Gasteiger partial charge in [-0.1, -0.05) is 6.92 Å². The van der Waals surface area contributed by atoms with Crippen molar-refractivity contribution in [1.29, 1.82) is 0 Å². The highest BCUT2D eigenvalue weighted by Crippen LogP contribution is 2.29. The molecule has 0 aromatic rings. The Morgan fingerprint density at radius 3 is 2.70 bits per heavy atom. The number of quaternary nitrogens is 1. The largest absolute Gasteiger partial charge is 0.424 e. The summed E-state index contributed by atoms with van der Waals surface area (Å²) >= 11 is 1.76. The molecule has 3 atom stereocenters. The molecule has 0 saturated carbocycles. The molecule has 1 aliphatic heterocycles. The number of carbonyl (C=O) groups is 2. The van der Waals surface area contributed by atoms with Crippen LogP contribution >= 0.6 is 11.8 Å². The first-order chi connectivity index (χ1) is 9.50. The number of amides is 3. The van der Waals surface area contributed by atoms with Crippen LogP contribution in [-0.2, 0) is 4.79 Å². The molecule has 0 aromatic carbocycles. The van der Waals surface area contributed by atoms with E-state index in [1.807, 2.05) is 20.1 Å². The van der Waals surface area contributed by atoms with E-state index < -0.39 is 6.04 Å². The monoisotopic (exact) mass is 302 g/mol. The molecule has 1 fully saturated rings. The van der Waals surface area contributed by atoms with E-state index in [0.717, 1.165) is 25.0 Å². The highest BCUT2D eigenvalue weighted by Gasteiger charge is 2.53. The molecule has 0 bridgehead atoms. The first-order valence-electron chi connectivity index (χ1n) is 7.45. The van der Waals surface area contributed by atoms with Crippen LogP contribution in [0.3, 0.4) is 0 Å². The molecular formula is C14H28N3O2S+. The first kappa shape index (κ1) is 17.5. The van der Waals surface area contributed by atoms with Gasteiger partial charge in [-0.25, -0.2) is 9.59 Å². The molecule has 0 radical (unpaired) electrons. The van der Waals surface area contributed by atoms with Gasteiger partial charge in [0.2, 0.25) is 0 Å². The third-order valence-electron chi connectivity index (χ3n) is 4.20. The summed E-state index contributed by atoms with van der Waals surface area (Å²) in [5.41, 5.74) is 5.91. The summed E-state index contributed by atoms with van der Waals surface area (Å²) in [7, 11) is 0. The Morgan fingerprint density at radius 2 is 2.20 bits per heavy atom. The minimum Gasteiger partial charge on any atom is -0.316 e. The molecule has 1 heterocycles. The standard InChI is InChI=1S/C14H27N3O2S/c1-4-12(15)13(18)17(9-5-7-11(17)2)14(19)16-8-6-10-20-3/h11-12H,4-10,15H2,1-3H3/p+1/t11-,12+,17?/m1/s1. The van der Waals surface area contributed by atoms with E-state index in [9.17, 15) is 9.59 Å². The summed E-state index contributed by atoms with van der Waals surface area (Å²) in [4.78, 5) is 25.2. The van der Waals surface area contributed by atoms with Crippen LogP contribution < -0.4 is 11.1 Å². The van der Waals surface area contributed by atoms with Crippen molar-refractivity contribution in [3.8, 4) is 0 Å². The molecule has 1 aliphatic rings. The third kappa shape index (κ3) is 3.54. The fourth-order valence-corrected chi connectivity index (χ4v) is 3.26. The summed E-state index contributed by atoms with van der Waals surface area (Å²) < 4.78 is -0.103. The SMILES string of the molecule is CC[C@H](N)C(=O)[N+]1(C(=O)NCCCSC)CCC[C@H]1C. The van der Waals surface area contributed by atoms with Gasteiger partial charge in [0.15, 0.2) is 0 Å². The van der Waals surface area contributed by atoms with E-state index in [0.29, 0.717) is 19.5 Å². The Kier molecular flexibility index (Phi) is 6.99. The fourth-order valence-electron chi connectivity index (χ4n) is 2.83. The van der Waals surface area contributed by atoms with Gasteiger partial charge in [0.25, 0.3) is 0 Å². The second-order valence-corrected chi connectivity index (χ2v) is 6.50. The van der Waals surface area contributed by atoms with E-state index in [1.54, 1.807) is 11.8 Å². The second kappa shape index (κ2) is 8.00. The summed E-state index contributed by atoms with van der Waals surface area (Å²) in [5.74, 6) is 0.887. The second-order valence-electron chi connectivity index (χ2n) is 5.51. The maximum absolute atomic E-state index is 12.6. The number of nitrogens with one attached hydrogen (secondary N) is 1. The summed E-state index contributed by atoms with van der Waals surface area (Å²) in [5, 5.41) is 2.93. The van der Waals surface area contributed by atoms with Gasteiger partial charge in [-0.05, 0) is 31.8 Å². The Labute approximate surface area is 126 Å². The van der Waals surface area contributed by atoms with Gasteiger partial charge in [-0.15, -0.1) is 0 Å². The van der Waals surface area contributed by atoms with Gasteiger partial charge >= 0.3 is 11.9 Å². The maximum Gasteiger partial charge on any atom is 0.424 e. The normalized spacial score (nSPS) is 27.3. The Morgan fingerprint density at radius 1 is 1.50 bits per heavy atom. The molecule has 1 unspecified atom stereocenters. The molecule has 116 valence electrons. The van der Waals surface area contributed by atoms with Crippen LogP contribution in [0.5, 0.6) is 0 Å². The van der Waals surface area contributed by atoms with Crippen molar-refractivity contribution in [3.05, 3.63) is 0 Å². The molecule has 20 heavy (non-hydrogen) atoms. The lowest BCUT2D eigenvalue weighted by atomic mass is 10.1. The van der Waals surface area contributed by atoms with Crippen LogP contribution in [-0.4, -0.2) is 53.6 Å². The van der Waals surface area contributed by atoms with Crippen LogP contribution in [0.25, 0.3) is 0 Å². The lowest BCUT2D eigenvalue weighted by Gasteiger charge is -2.34. The highest BCUT2D eigenvalue weighted by atomic mass is 32.2. The number of hydrogen-bond acceptors (Lipinski definition) is 4. The topological polar surface area (TPSA) is 72.2 Å². The van der Waals surface area contributed by atoms with Crippen LogP contribution in [0.15, 0.2) is 0 Å². The highest BCUT2D eigenvalue weighted by molar-refractivity contribution is 7.98. The van der Waals surface area contributed by atoms with Crippen LogP contribution in [0.4, 0.5) is 4.79 Å². The van der Waals surface area contributed by atoms with Gasteiger partial charge in [-0.3, -0.25) is 0 Å². The lowest BCUT2D eigenvalue weighted by Crippen LogP contribution is -2.66. The van der Waals surface area contributed by atoms with E-state index in [4.69, 9.17) is 5.73 Å². The number of imide groups is 1. The third-order valence-corrected chi connectivity index (χ3v) is 4.90. The van der Waals surface area contributed by atoms with Crippen molar-refractivity contribution >= 4 is 23.7 Å². The molecule has 0 aliphatic carbocycles. The summed E-state index contributed by atoms with van der Waals surface area (Å²) in [6, 6.07) is -0.682. The van der Waals surface area contributed by atoms with Gasteiger partial charge < -0.3 is 11.1 Å². The molecule has 1 saturated heterocycles. The number of rotatable bonds is 6. The summed E-state index contributed by atoms with van der Waals surface area (Å²) in [6.45, 7) is 5.08. The van der Waals surface area contributed by atoms with Gasteiger partial charge in [0.1, 0.15) is 12.1 Å². The van der Waals surface area contributed by atoms with E-state index in [-0.39, 0.29) is 22.5 Å². The van der Waals surface area contributed by atoms with E-state index >= 15 is 0 Å². The molecular weight excluding hydrogens is 274 g/mol. The molecule has 3 amide bonds. The molecule has 3 N–H and O–H groups in total. The van der Waals surface area contributed by atoms with Gasteiger partial charge in [-0.2, -0.15) is 16.2 Å². The molecule has 6 heteroatoms. The van der Waals surface area contributed by atoms with E-state index in [2.05, 4.69) is 5.32 Å². The van der Waals surface area contributed by atoms with Crippen molar-refractivity contribution in [3.63, 3.8) is 0 Å². The quantitative estimate of drug-likeness (QED) is 0.579. The van der Waals surface area contributed by atoms with Crippen molar-refractivity contribution < 1.29 is 14.1 Å². The zero-order valence-electron chi connectivity index (χ0n) is 12.9. The summed E-state index contributed by atoms with van der Waals surface area (Å²) in [6.07, 6.45) is 5.35. The molecule has 5 nitrogen and oxygen atoms in total. The number of nitrogens with two attached hydrogens (primary N) is 1. The maximum atomic E-state index is 12.6. The van der Waals surface area contributed by atoms with Crippen molar-refractivity contribution in [2.75, 3.05) is 25.1 Å². The number of urea groups is 1. The Hall–Kier alpha value is -0.590. The molecule has 0 aromatic heterocycles. The van der Waals surface area contributed by atoms with Gasteiger partial charge in [0.05, 0.1) is 6.54 Å². The Balaban J connectivity index is 2.79. The van der Waals surface area contributed by atoms with Gasteiger partial charge in [0, 0.05) is 19.4 Å². The predicted octanol–water partition coefficient (Wildman–Crippen LogP) is 1.71. The number of thioether (sulfide) groups is 1. The predicted molar refractivity (Wildman–Crippen MR) is 83.5 cm³/mol. The molecule has 1 rings (SSSR count).